The number of imide groups is 1. The number of para-hydroxylation sites is 2. The molecular weight excluding hydrogens is 674 g/mol. The molecule has 1 heterocycles. The van der Waals surface area contributed by atoms with Crippen LogP contribution in [-0.4, -0.2) is 59.7 Å². The molecule has 11 heteroatoms. The number of amides is 4. The topological polar surface area (TPSA) is 148 Å². The highest BCUT2D eigenvalue weighted by Crippen LogP contribution is 2.29. The second kappa shape index (κ2) is 17.4. The molecule has 0 fully saturated rings. The fourth-order valence-corrected chi connectivity index (χ4v) is 6.39. The van der Waals surface area contributed by atoms with Crippen molar-refractivity contribution in [3.05, 3.63) is 129 Å². The van der Waals surface area contributed by atoms with Crippen LogP contribution >= 0.6 is 0 Å². The quantitative estimate of drug-likeness (QED) is 0.110. The summed E-state index contributed by atoms with van der Waals surface area (Å²) in [6.07, 6.45) is 2.70. The van der Waals surface area contributed by atoms with Gasteiger partial charge in [0.15, 0.2) is 13.2 Å². The highest BCUT2D eigenvalue weighted by molar-refractivity contribution is 6.23. The Balaban J connectivity index is 1.29. The molecule has 1 aliphatic heterocycles. The van der Waals surface area contributed by atoms with E-state index in [1.807, 2.05) is 64.1 Å². The number of aryl methyl sites for hydroxylation is 4. The van der Waals surface area contributed by atoms with E-state index in [2.05, 4.69) is 10.6 Å². The van der Waals surface area contributed by atoms with Gasteiger partial charge < -0.3 is 20.1 Å². The zero-order valence-corrected chi connectivity index (χ0v) is 30.3. The van der Waals surface area contributed by atoms with E-state index in [-0.39, 0.29) is 23.1 Å². The SMILES string of the molecule is CCc1cccc(CC)c1NC(=O)COC(=O)c1ccc2c(c1)C(=O)N(C(Cc1ccccc1)C(=O)OCC(=O)Nc1c(CC)cccc1CC)C2=O. The lowest BCUT2D eigenvalue weighted by molar-refractivity contribution is -0.151. The van der Waals surface area contributed by atoms with Crippen LogP contribution in [0.3, 0.4) is 0 Å². The smallest absolute Gasteiger partial charge is 0.338 e. The Morgan fingerprint density at radius 2 is 1.09 bits per heavy atom. The van der Waals surface area contributed by atoms with E-state index in [0.29, 0.717) is 42.6 Å². The average Bonchev–Trinajstić information content (AvgIpc) is 3.43. The molecule has 2 N–H and O–H groups in total. The zero-order valence-electron chi connectivity index (χ0n) is 30.3. The summed E-state index contributed by atoms with van der Waals surface area (Å²) in [6, 6.07) is 22.7. The predicted molar refractivity (Wildman–Crippen MR) is 200 cm³/mol. The van der Waals surface area contributed by atoms with Crippen molar-refractivity contribution in [3.8, 4) is 0 Å². The molecule has 0 aliphatic carbocycles. The van der Waals surface area contributed by atoms with E-state index in [1.54, 1.807) is 30.3 Å². The highest BCUT2D eigenvalue weighted by atomic mass is 16.5. The average molecular weight is 718 g/mol. The number of benzene rings is 4. The summed E-state index contributed by atoms with van der Waals surface area (Å²) in [4.78, 5) is 80.8. The Kier molecular flexibility index (Phi) is 12.5. The Morgan fingerprint density at radius 1 is 0.604 bits per heavy atom. The van der Waals surface area contributed by atoms with Gasteiger partial charge in [-0.1, -0.05) is 94.4 Å². The number of nitrogens with one attached hydrogen (secondary N) is 2. The number of ether oxygens (including phenoxy) is 2. The van der Waals surface area contributed by atoms with Crippen molar-refractivity contribution in [2.75, 3.05) is 23.8 Å². The van der Waals surface area contributed by atoms with Gasteiger partial charge in [-0.2, -0.15) is 0 Å². The van der Waals surface area contributed by atoms with Gasteiger partial charge in [0.1, 0.15) is 6.04 Å². The summed E-state index contributed by atoms with van der Waals surface area (Å²) in [5, 5.41) is 5.69. The fraction of sp³-hybridized carbons (Fsp3) is 0.286. The van der Waals surface area contributed by atoms with Crippen LogP contribution < -0.4 is 10.6 Å². The van der Waals surface area contributed by atoms with Crippen molar-refractivity contribution in [1.82, 2.24) is 4.90 Å². The van der Waals surface area contributed by atoms with Gasteiger partial charge in [0.25, 0.3) is 23.6 Å². The molecule has 0 aromatic heterocycles. The number of nitrogens with zero attached hydrogens (tertiary/aromatic N) is 1. The van der Waals surface area contributed by atoms with Crippen molar-refractivity contribution >= 4 is 46.9 Å². The summed E-state index contributed by atoms with van der Waals surface area (Å²) in [5.74, 6) is -4.47. The van der Waals surface area contributed by atoms with Crippen molar-refractivity contribution in [2.45, 2.75) is 65.8 Å². The van der Waals surface area contributed by atoms with E-state index in [1.165, 1.54) is 18.2 Å². The molecule has 5 rings (SSSR count). The van der Waals surface area contributed by atoms with Crippen LogP contribution in [0, 0.1) is 0 Å². The molecular formula is C42H43N3O8. The third-order valence-electron chi connectivity index (χ3n) is 9.22. The second-order valence-electron chi connectivity index (χ2n) is 12.5. The largest absolute Gasteiger partial charge is 0.454 e. The molecule has 1 unspecified atom stereocenters. The first-order chi connectivity index (χ1) is 25.6. The number of fused-ring (bicyclic) bond motifs is 1. The van der Waals surface area contributed by atoms with Crippen molar-refractivity contribution in [2.24, 2.45) is 0 Å². The van der Waals surface area contributed by atoms with Gasteiger partial charge >= 0.3 is 11.9 Å². The number of hydrogen-bond donors (Lipinski definition) is 2. The number of carbonyl (C=O) groups excluding carboxylic acids is 6. The minimum Gasteiger partial charge on any atom is -0.454 e. The van der Waals surface area contributed by atoms with Crippen LogP contribution in [0.4, 0.5) is 11.4 Å². The van der Waals surface area contributed by atoms with E-state index < -0.39 is 54.8 Å². The molecule has 0 saturated heterocycles. The zero-order chi connectivity index (χ0) is 38.1. The van der Waals surface area contributed by atoms with Crippen molar-refractivity contribution in [3.63, 3.8) is 0 Å². The molecule has 11 nitrogen and oxygen atoms in total. The van der Waals surface area contributed by atoms with E-state index in [4.69, 9.17) is 9.47 Å². The van der Waals surface area contributed by atoms with Crippen LogP contribution in [0.5, 0.6) is 0 Å². The third-order valence-corrected chi connectivity index (χ3v) is 9.22. The summed E-state index contributed by atoms with van der Waals surface area (Å²) >= 11 is 0. The lowest BCUT2D eigenvalue weighted by Crippen LogP contribution is -2.47. The normalized spacial score (nSPS) is 12.6. The molecule has 4 aromatic rings. The van der Waals surface area contributed by atoms with Gasteiger partial charge in [-0.15, -0.1) is 0 Å². The molecule has 4 amide bonds. The third kappa shape index (κ3) is 8.69. The van der Waals surface area contributed by atoms with Gasteiger partial charge in [0.05, 0.1) is 16.7 Å². The minimum atomic E-state index is -1.41. The van der Waals surface area contributed by atoms with E-state index >= 15 is 0 Å². The Morgan fingerprint density at radius 3 is 1.60 bits per heavy atom. The summed E-state index contributed by atoms with van der Waals surface area (Å²) in [7, 11) is 0. The maximum Gasteiger partial charge on any atom is 0.338 e. The number of hydrogen-bond acceptors (Lipinski definition) is 8. The highest BCUT2D eigenvalue weighted by Gasteiger charge is 2.44. The Bertz CT molecular complexity index is 2000. The van der Waals surface area contributed by atoms with Crippen LogP contribution in [0.2, 0.25) is 0 Å². The first kappa shape index (κ1) is 38.1. The first-order valence-corrected chi connectivity index (χ1v) is 17.8. The minimum absolute atomic E-state index is 0.0144. The molecule has 0 saturated carbocycles. The maximum atomic E-state index is 13.8. The monoisotopic (exact) mass is 717 g/mol. The summed E-state index contributed by atoms with van der Waals surface area (Å²) < 4.78 is 10.7. The number of carbonyl (C=O) groups is 6. The van der Waals surface area contributed by atoms with Gasteiger partial charge in [0.2, 0.25) is 0 Å². The van der Waals surface area contributed by atoms with E-state index in [0.717, 1.165) is 27.2 Å². The molecule has 53 heavy (non-hydrogen) atoms. The maximum absolute atomic E-state index is 13.8. The van der Waals surface area contributed by atoms with Gasteiger partial charge in [-0.25, -0.2) is 9.59 Å². The lowest BCUT2D eigenvalue weighted by atomic mass is 10.0. The molecule has 1 aliphatic rings. The van der Waals surface area contributed by atoms with Crippen molar-refractivity contribution in [1.29, 1.82) is 0 Å². The second-order valence-corrected chi connectivity index (χ2v) is 12.5. The number of anilines is 2. The Hall–Kier alpha value is -6.10. The Labute approximate surface area is 308 Å². The predicted octanol–water partition coefficient (Wildman–Crippen LogP) is 6.12. The van der Waals surface area contributed by atoms with Gasteiger partial charge in [-0.3, -0.25) is 24.1 Å². The van der Waals surface area contributed by atoms with Crippen LogP contribution in [0.25, 0.3) is 0 Å². The van der Waals surface area contributed by atoms with Crippen LogP contribution in [0.1, 0.15) is 86.6 Å². The number of rotatable bonds is 15. The molecule has 1 atom stereocenters. The molecule has 0 radical (unpaired) electrons. The van der Waals surface area contributed by atoms with Crippen molar-refractivity contribution < 1.29 is 38.2 Å². The lowest BCUT2D eigenvalue weighted by Gasteiger charge is -2.24. The molecule has 0 bridgehead atoms. The fourth-order valence-electron chi connectivity index (χ4n) is 6.39. The molecule has 0 spiro atoms. The molecule has 274 valence electrons. The van der Waals surface area contributed by atoms with Gasteiger partial charge in [-0.05, 0) is 71.7 Å². The standard InChI is InChI=1S/C42H43N3O8/c1-5-27-16-12-17-28(6-2)37(27)43-35(46)24-52-41(50)31-20-21-32-33(23-31)40(49)45(39(32)48)34(22-26-14-10-9-11-15-26)42(51)53-25-36(47)44-38-29(7-3)18-13-19-30(38)8-4/h9-21,23,34H,5-8,22,24-25H2,1-4H3,(H,43,46)(H,44,47). The number of esters is 2. The summed E-state index contributed by atoms with van der Waals surface area (Å²) in [6.45, 7) is 6.70. The van der Waals surface area contributed by atoms with E-state index in [9.17, 15) is 28.8 Å². The van der Waals surface area contributed by atoms with Gasteiger partial charge in [0, 0.05) is 17.8 Å². The summed E-state index contributed by atoms with van der Waals surface area (Å²) in [5.41, 5.74) is 5.62. The molecule has 4 aromatic carbocycles. The van der Waals surface area contributed by atoms with Crippen LogP contribution in [-0.2, 0) is 56.0 Å². The van der Waals surface area contributed by atoms with Crippen LogP contribution in [0.15, 0.2) is 84.9 Å². The first-order valence-electron chi connectivity index (χ1n) is 17.8.